The molecule has 0 aromatic heterocycles. The highest BCUT2D eigenvalue weighted by Gasteiger charge is 2.37. The Hall–Kier alpha value is -1.36. The van der Waals surface area contributed by atoms with Gasteiger partial charge in [-0.2, -0.15) is 0 Å². The van der Waals surface area contributed by atoms with Gasteiger partial charge >= 0.3 is 0 Å². The van der Waals surface area contributed by atoms with E-state index in [1.807, 2.05) is 17.0 Å². The first kappa shape index (κ1) is 11.7. The molecule has 0 spiro atoms. The molecule has 0 aliphatic carbocycles. The molecule has 3 rings (SSSR count). The van der Waals surface area contributed by atoms with Gasteiger partial charge in [-0.15, -0.1) is 11.8 Å². The first-order valence-corrected chi connectivity index (χ1v) is 6.95. The summed E-state index contributed by atoms with van der Waals surface area (Å²) in [4.78, 5) is 13.7. The number of hydrogen-bond acceptors (Lipinski definition) is 4. The number of thioether (sulfide) groups is 1. The van der Waals surface area contributed by atoms with Gasteiger partial charge in [-0.05, 0) is 29.7 Å². The molecule has 2 heterocycles. The van der Waals surface area contributed by atoms with Crippen LogP contribution in [0.4, 0.5) is 0 Å². The van der Waals surface area contributed by atoms with Crippen LogP contribution in [0, 0.1) is 0 Å². The predicted molar refractivity (Wildman–Crippen MR) is 70.2 cm³/mol. The first-order chi connectivity index (χ1) is 8.74. The third-order valence-electron chi connectivity index (χ3n) is 3.50. The highest BCUT2D eigenvalue weighted by Crippen LogP contribution is 2.46. The predicted octanol–water partition coefficient (Wildman–Crippen LogP) is 1.83. The monoisotopic (exact) mass is 265 g/mol. The molecular weight excluding hydrogens is 250 g/mol. The molecule has 18 heavy (non-hydrogen) atoms. The molecule has 1 aromatic carbocycles. The summed E-state index contributed by atoms with van der Waals surface area (Å²) in [5.74, 6) is 2.32. The van der Waals surface area contributed by atoms with Gasteiger partial charge < -0.3 is 14.4 Å². The number of nitrogens with zero attached hydrogens (tertiary/aromatic N) is 1. The van der Waals surface area contributed by atoms with Crippen molar-refractivity contribution in [2.45, 2.75) is 11.8 Å². The summed E-state index contributed by atoms with van der Waals surface area (Å²) in [6.07, 6.45) is 0.887. The number of hydrogen-bond donors (Lipinski definition) is 0. The smallest absolute Gasteiger partial charge is 0.233 e. The summed E-state index contributed by atoms with van der Waals surface area (Å²) in [5.41, 5.74) is 2.45. The van der Waals surface area contributed by atoms with E-state index in [1.54, 1.807) is 26.0 Å². The van der Waals surface area contributed by atoms with Gasteiger partial charge in [-0.25, -0.2) is 0 Å². The van der Waals surface area contributed by atoms with Crippen LogP contribution in [0.15, 0.2) is 12.1 Å². The van der Waals surface area contributed by atoms with E-state index < -0.39 is 0 Å². The molecule has 2 aliphatic heterocycles. The first-order valence-electron chi connectivity index (χ1n) is 5.90. The third kappa shape index (κ3) is 1.65. The third-order valence-corrected chi connectivity index (χ3v) is 4.74. The minimum Gasteiger partial charge on any atom is -0.493 e. The molecule has 0 bridgehead atoms. The van der Waals surface area contributed by atoms with E-state index in [0.717, 1.165) is 24.5 Å². The Morgan fingerprint density at radius 1 is 1.28 bits per heavy atom. The number of rotatable bonds is 2. The summed E-state index contributed by atoms with van der Waals surface area (Å²) in [6, 6.07) is 4.05. The van der Waals surface area contributed by atoms with Gasteiger partial charge in [0, 0.05) is 6.54 Å². The number of carbonyl (C=O) groups is 1. The summed E-state index contributed by atoms with van der Waals surface area (Å²) in [5, 5.41) is 0.154. The Morgan fingerprint density at radius 3 is 2.72 bits per heavy atom. The molecule has 4 nitrogen and oxygen atoms in total. The lowest BCUT2D eigenvalue weighted by atomic mass is 9.98. The lowest BCUT2D eigenvalue weighted by Gasteiger charge is -2.31. The van der Waals surface area contributed by atoms with Crippen LogP contribution in [0.1, 0.15) is 16.5 Å². The molecule has 5 heteroatoms. The minimum atomic E-state index is 0.154. The zero-order valence-corrected chi connectivity index (χ0v) is 11.3. The topological polar surface area (TPSA) is 38.8 Å². The van der Waals surface area contributed by atoms with Gasteiger partial charge in [0.2, 0.25) is 5.91 Å². The maximum absolute atomic E-state index is 11.7. The van der Waals surface area contributed by atoms with Crippen molar-refractivity contribution in [2.75, 3.05) is 26.5 Å². The number of fused-ring (bicyclic) bond motifs is 3. The second kappa shape index (κ2) is 4.39. The zero-order valence-electron chi connectivity index (χ0n) is 10.4. The average molecular weight is 265 g/mol. The fourth-order valence-electron chi connectivity index (χ4n) is 2.58. The van der Waals surface area contributed by atoms with Gasteiger partial charge in [-0.1, -0.05) is 0 Å². The average Bonchev–Trinajstić information content (AvgIpc) is 2.79. The molecule has 1 saturated heterocycles. The van der Waals surface area contributed by atoms with Crippen LogP contribution in [0.5, 0.6) is 11.5 Å². The molecule has 2 aliphatic rings. The van der Waals surface area contributed by atoms with Crippen LogP contribution in [-0.2, 0) is 11.2 Å². The lowest BCUT2D eigenvalue weighted by molar-refractivity contribution is -0.128. The highest BCUT2D eigenvalue weighted by atomic mass is 32.2. The number of amides is 1. The summed E-state index contributed by atoms with van der Waals surface area (Å²) in [7, 11) is 3.28. The fraction of sp³-hybridized carbons (Fsp3) is 0.462. The normalized spacial score (nSPS) is 21.6. The standard InChI is InChI=1S/C13H15NO3S/c1-16-10-5-8-3-4-14-12(15)7-18-13(14)9(8)6-11(10)17-2/h5-6,13H,3-4,7H2,1-2H3. The summed E-state index contributed by atoms with van der Waals surface area (Å²) >= 11 is 1.69. The molecule has 1 fully saturated rings. The molecule has 0 saturated carbocycles. The second-order valence-electron chi connectivity index (χ2n) is 4.41. The van der Waals surface area contributed by atoms with Crippen LogP contribution in [0.2, 0.25) is 0 Å². The number of carbonyl (C=O) groups excluding carboxylic acids is 1. The number of ether oxygens (including phenoxy) is 2. The molecule has 1 atom stereocenters. The Balaban J connectivity index is 2.06. The highest BCUT2D eigenvalue weighted by molar-refractivity contribution is 8.00. The van der Waals surface area contributed by atoms with Crippen LogP contribution < -0.4 is 9.47 Å². The van der Waals surface area contributed by atoms with Crippen molar-refractivity contribution in [3.05, 3.63) is 23.3 Å². The molecule has 0 radical (unpaired) electrons. The van der Waals surface area contributed by atoms with Crippen molar-refractivity contribution >= 4 is 17.7 Å². The Kier molecular flexibility index (Phi) is 2.86. The molecular formula is C13H15NO3S. The Bertz CT molecular complexity index is 503. The van der Waals surface area contributed by atoms with Crippen molar-refractivity contribution in [3.63, 3.8) is 0 Å². The van der Waals surface area contributed by atoms with Crippen LogP contribution in [-0.4, -0.2) is 37.3 Å². The van der Waals surface area contributed by atoms with Crippen molar-refractivity contribution < 1.29 is 14.3 Å². The van der Waals surface area contributed by atoms with E-state index in [-0.39, 0.29) is 11.3 Å². The van der Waals surface area contributed by atoms with Crippen molar-refractivity contribution in [1.82, 2.24) is 4.90 Å². The SMILES string of the molecule is COc1cc2c(cc1OC)C1SCC(=O)N1CC2. The minimum absolute atomic E-state index is 0.154. The summed E-state index contributed by atoms with van der Waals surface area (Å²) in [6.45, 7) is 0.805. The number of benzene rings is 1. The Labute approximate surface area is 110 Å². The lowest BCUT2D eigenvalue weighted by Crippen LogP contribution is -2.34. The van der Waals surface area contributed by atoms with E-state index in [4.69, 9.17) is 9.47 Å². The fourth-order valence-corrected chi connectivity index (χ4v) is 3.85. The molecule has 96 valence electrons. The largest absolute Gasteiger partial charge is 0.493 e. The number of methoxy groups -OCH3 is 2. The van der Waals surface area contributed by atoms with Crippen molar-refractivity contribution in [3.8, 4) is 11.5 Å². The quantitative estimate of drug-likeness (QED) is 0.818. The maximum atomic E-state index is 11.7. The van der Waals surface area contributed by atoms with E-state index in [0.29, 0.717) is 5.75 Å². The van der Waals surface area contributed by atoms with Crippen LogP contribution in [0.25, 0.3) is 0 Å². The van der Waals surface area contributed by atoms with E-state index in [9.17, 15) is 4.79 Å². The Morgan fingerprint density at radius 2 is 2.00 bits per heavy atom. The van der Waals surface area contributed by atoms with Gasteiger partial charge in [0.1, 0.15) is 5.37 Å². The van der Waals surface area contributed by atoms with Crippen molar-refractivity contribution in [2.24, 2.45) is 0 Å². The van der Waals surface area contributed by atoms with Crippen LogP contribution >= 0.6 is 11.8 Å². The summed E-state index contributed by atoms with van der Waals surface area (Å²) < 4.78 is 10.7. The molecule has 0 N–H and O–H groups in total. The van der Waals surface area contributed by atoms with Gasteiger partial charge in [0.25, 0.3) is 0 Å². The zero-order chi connectivity index (χ0) is 12.7. The molecule has 1 amide bonds. The molecule has 1 aromatic rings. The maximum Gasteiger partial charge on any atom is 0.233 e. The van der Waals surface area contributed by atoms with Crippen LogP contribution in [0.3, 0.4) is 0 Å². The van der Waals surface area contributed by atoms with Crippen molar-refractivity contribution in [1.29, 1.82) is 0 Å². The molecule has 1 unspecified atom stereocenters. The van der Waals surface area contributed by atoms with Gasteiger partial charge in [0.15, 0.2) is 11.5 Å². The van der Waals surface area contributed by atoms with E-state index in [1.165, 1.54) is 11.1 Å². The van der Waals surface area contributed by atoms with E-state index in [2.05, 4.69) is 0 Å². The van der Waals surface area contributed by atoms with Gasteiger partial charge in [-0.3, -0.25) is 4.79 Å². The second-order valence-corrected chi connectivity index (χ2v) is 5.48. The van der Waals surface area contributed by atoms with E-state index >= 15 is 0 Å². The van der Waals surface area contributed by atoms with Gasteiger partial charge in [0.05, 0.1) is 20.0 Å².